The fourth-order valence-corrected chi connectivity index (χ4v) is 0.861. The van der Waals surface area contributed by atoms with Crippen molar-refractivity contribution in [3.05, 3.63) is 0 Å². The topological polar surface area (TPSA) is 118 Å². The Morgan fingerprint density at radius 1 is 1.30 bits per heavy atom. The Labute approximate surface area is 56.9 Å². The SMILES string of the molecule is O=P(O)(O)[C@@H](O)C(O)CO. The van der Waals surface area contributed by atoms with Crippen LogP contribution in [0.4, 0.5) is 0 Å². The average molecular weight is 172 g/mol. The van der Waals surface area contributed by atoms with Crippen molar-refractivity contribution in [3.8, 4) is 0 Å². The third-order valence-electron chi connectivity index (χ3n) is 0.876. The molecule has 0 aliphatic rings. The Morgan fingerprint density at radius 3 is 1.80 bits per heavy atom. The summed E-state index contributed by atoms with van der Waals surface area (Å²) in [5.74, 6) is -2.20. The van der Waals surface area contributed by atoms with Crippen LogP contribution in [0.15, 0.2) is 0 Å². The molecule has 0 rings (SSSR count). The van der Waals surface area contributed by atoms with Crippen LogP contribution >= 0.6 is 7.60 Å². The molecule has 10 heavy (non-hydrogen) atoms. The fraction of sp³-hybridized carbons (Fsp3) is 1.00. The summed E-state index contributed by atoms with van der Waals surface area (Å²) < 4.78 is 10.1. The molecule has 0 heterocycles. The molecule has 0 aliphatic carbocycles. The molecule has 0 saturated heterocycles. The van der Waals surface area contributed by atoms with Crippen LogP contribution in [0.5, 0.6) is 0 Å². The molecule has 0 aromatic heterocycles. The van der Waals surface area contributed by atoms with E-state index in [9.17, 15) is 4.57 Å². The summed E-state index contributed by atoms with van der Waals surface area (Å²) in [6, 6.07) is 0. The molecule has 0 aliphatic heterocycles. The predicted molar refractivity (Wildman–Crippen MR) is 31.1 cm³/mol. The maximum absolute atomic E-state index is 10.1. The zero-order chi connectivity index (χ0) is 8.36. The molecule has 0 aromatic rings. The molecule has 0 spiro atoms. The second-order valence-corrected chi connectivity index (χ2v) is 3.46. The monoisotopic (exact) mass is 172 g/mol. The highest BCUT2D eigenvalue weighted by molar-refractivity contribution is 7.52. The van der Waals surface area contributed by atoms with E-state index in [-0.39, 0.29) is 0 Å². The Morgan fingerprint density at radius 2 is 1.70 bits per heavy atom. The van der Waals surface area contributed by atoms with Crippen molar-refractivity contribution in [1.82, 2.24) is 0 Å². The predicted octanol–water partition coefficient (Wildman–Crippen LogP) is -2.16. The highest BCUT2D eigenvalue weighted by Crippen LogP contribution is 2.40. The van der Waals surface area contributed by atoms with Crippen molar-refractivity contribution in [1.29, 1.82) is 0 Å². The summed E-state index contributed by atoms with van der Waals surface area (Å²) in [5, 5.41) is 25.1. The van der Waals surface area contributed by atoms with Gasteiger partial charge in [-0.3, -0.25) is 4.57 Å². The number of aliphatic hydroxyl groups excluding tert-OH is 3. The van der Waals surface area contributed by atoms with E-state index in [1.165, 1.54) is 0 Å². The lowest BCUT2D eigenvalue weighted by Crippen LogP contribution is -2.28. The molecule has 0 amide bonds. The standard InChI is InChI=1S/C3H9O6P/c4-1-2(5)3(6)10(7,8)9/h2-6H,1H2,(H2,7,8,9)/t2?,3-/m1/s1. The summed E-state index contributed by atoms with van der Waals surface area (Å²) in [5.41, 5.74) is 0. The van der Waals surface area contributed by atoms with Crippen LogP contribution in [0.1, 0.15) is 0 Å². The molecular weight excluding hydrogens is 163 g/mol. The van der Waals surface area contributed by atoms with Crippen molar-refractivity contribution in [2.24, 2.45) is 0 Å². The van der Waals surface area contributed by atoms with Crippen molar-refractivity contribution in [2.75, 3.05) is 6.61 Å². The second kappa shape index (κ2) is 3.43. The number of aliphatic hydroxyl groups is 3. The third kappa shape index (κ3) is 2.74. The Bertz CT molecular complexity index is 140. The first kappa shape index (κ1) is 10.0. The highest BCUT2D eigenvalue weighted by Gasteiger charge is 2.32. The van der Waals surface area contributed by atoms with Crippen LogP contribution in [0.3, 0.4) is 0 Å². The van der Waals surface area contributed by atoms with E-state index < -0.39 is 26.2 Å². The van der Waals surface area contributed by atoms with Gasteiger partial charge in [0.05, 0.1) is 6.61 Å². The third-order valence-corrected chi connectivity index (χ3v) is 1.91. The lowest BCUT2D eigenvalue weighted by molar-refractivity contribution is 0.0132. The molecular formula is C3H9O6P. The van der Waals surface area contributed by atoms with Crippen molar-refractivity contribution >= 4 is 7.60 Å². The zero-order valence-corrected chi connectivity index (χ0v) is 5.85. The number of rotatable bonds is 3. The first-order valence-electron chi connectivity index (χ1n) is 2.41. The minimum atomic E-state index is -4.68. The Hall–Kier alpha value is 0.0300. The largest absolute Gasteiger partial charge is 0.394 e. The van der Waals surface area contributed by atoms with Gasteiger partial charge in [-0.05, 0) is 0 Å². The fourth-order valence-electron chi connectivity index (χ4n) is 0.318. The van der Waals surface area contributed by atoms with Gasteiger partial charge in [0.25, 0.3) is 0 Å². The van der Waals surface area contributed by atoms with Gasteiger partial charge in [-0.15, -0.1) is 0 Å². The molecule has 0 fully saturated rings. The molecule has 6 nitrogen and oxygen atoms in total. The first-order chi connectivity index (χ1) is 4.39. The van der Waals surface area contributed by atoms with Gasteiger partial charge in [0.2, 0.25) is 0 Å². The lowest BCUT2D eigenvalue weighted by Gasteiger charge is -2.15. The van der Waals surface area contributed by atoms with Crippen LogP contribution in [-0.4, -0.2) is 43.7 Å². The highest BCUT2D eigenvalue weighted by atomic mass is 31.2. The van der Waals surface area contributed by atoms with Crippen LogP contribution < -0.4 is 0 Å². The number of hydrogen-bond acceptors (Lipinski definition) is 4. The molecule has 5 N–H and O–H groups in total. The van der Waals surface area contributed by atoms with E-state index in [4.69, 9.17) is 25.1 Å². The van der Waals surface area contributed by atoms with Gasteiger partial charge < -0.3 is 25.1 Å². The first-order valence-corrected chi connectivity index (χ1v) is 4.10. The maximum Gasteiger partial charge on any atom is 0.356 e. The van der Waals surface area contributed by atoms with Gasteiger partial charge >= 0.3 is 7.60 Å². The van der Waals surface area contributed by atoms with Gasteiger partial charge in [0, 0.05) is 0 Å². The van der Waals surface area contributed by atoms with E-state index >= 15 is 0 Å². The second-order valence-electron chi connectivity index (χ2n) is 1.75. The zero-order valence-electron chi connectivity index (χ0n) is 4.95. The minimum absolute atomic E-state index is 0.883. The van der Waals surface area contributed by atoms with E-state index in [1.54, 1.807) is 0 Å². The van der Waals surface area contributed by atoms with E-state index in [1.807, 2.05) is 0 Å². The van der Waals surface area contributed by atoms with Gasteiger partial charge in [0.15, 0.2) is 5.85 Å². The minimum Gasteiger partial charge on any atom is -0.394 e. The molecule has 2 atom stereocenters. The normalized spacial score (nSPS) is 18.5. The summed E-state index contributed by atoms with van der Waals surface area (Å²) >= 11 is 0. The Kier molecular flexibility index (Phi) is 3.44. The maximum atomic E-state index is 10.1. The summed E-state index contributed by atoms with van der Waals surface area (Å²) in [6.45, 7) is -0.883. The summed E-state index contributed by atoms with van der Waals surface area (Å²) in [6.07, 6.45) is -1.79. The van der Waals surface area contributed by atoms with Crippen LogP contribution in [-0.2, 0) is 4.57 Å². The van der Waals surface area contributed by atoms with Crippen molar-refractivity contribution in [2.45, 2.75) is 11.9 Å². The van der Waals surface area contributed by atoms with Gasteiger partial charge in [-0.1, -0.05) is 0 Å². The molecule has 0 aromatic carbocycles. The molecule has 0 saturated carbocycles. The number of hydrogen-bond donors (Lipinski definition) is 5. The van der Waals surface area contributed by atoms with Gasteiger partial charge in [-0.2, -0.15) is 0 Å². The van der Waals surface area contributed by atoms with Crippen LogP contribution in [0, 0.1) is 0 Å². The van der Waals surface area contributed by atoms with Gasteiger partial charge in [0.1, 0.15) is 6.10 Å². The van der Waals surface area contributed by atoms with Crippen molar-refractivity contribution in [3.63, 3.8) is 0 Å². The summed E-state index contributed by atoms with van der Waals surface area (Å²) in [7, 11) is -4.68. The van der Waals surface area contributed by atoms with Crippen molar-refractivity contribution < 1.29 is 29.7 Å². The van der Waals surface area contributed by atoms with Gasteiger partial charge in [-0.25, -0.2) is 0 Å². The van der Waals surface area contributed by atoms with Crippen LogP contribution in [0.2, 0.25) is 0 Å². The average Bonchev–Trinajstić information content (AvgIpc) is 1.83. The Balaban J connectivity index is 4.08. The van der Waals surface area contributed by atoms with E-state index in [2.05, 4.69) is 0 Å². The van der Waals surface area contributed by atoms with E-state index in [0.29, 0.717) is 0 Å². The molecule has 7 heteroatoms. The summed E-state index contributed by atoms with van der Waals surface area (Å²) in [4.78, 5) is 16.4. The lowest BCUT2D eigenvalue weighted by atomic mass is 10.4. The smallest absolute Gasteiger partial charge is 0.356 e. The quantitative estimate of drug-likeness (QED) is 0.309. The van der Waals surface area contributed by atoms with E-state index in [0.717, 1.165) is 0 Å². The molecule has 1 unspecified atom stereocenters. The molecule has 0 radical (unpaired) electrons. The molecule has 62 valence electrons. The van der Waals surface area contributed by atoms with Crippen LogP contribution in [0.25, 0.3) is 0 Å². The molecule has 0 bridgehead atoms.